The summed E-state index contributed by atoms with van der Waals surface area (Å²) in [5, 5.41) is 2.33. The quantitative estimate of drug-likeness (QED) is 0.544. The highest BCUT2D eigenvalue weighted by atomic mass is 16.2. The molecule has 172 valence electrons. The largest absolute Gasteiger partial charge is 0.335 e. The number of benzene rings is 2. The fourth-order valence-corrected chi connectivity index (χ4v) is 4.89. The lowest BCUT2D eigenvalue weighted by atomic mass is 10.00. The molecule has 0 unspecified atom stereocenters. The first kappa shape index (κ1) is 22.9. The van der Waals surface area contributed by atoms with Crippen molar-refractivity contribution in [3.05, 3.63) is 64.7 Å². The molecule has 1 atom stereocenters. The van der Waals surface area contributed by atoms with E-state index in [0.29, 0.717) is 5.69 Å². The fraction of sp³-hybridized carbons (Fsp3) is 0.385. The van der Waals surface area contributed by atoms with E-state index in [0.717, 1.165) is 54.1 Å². The van der Waals surface area contributed by atoms with E-state index in [9.17, 15) is 14.4 Å². The summed E-state index contributed by atoms with van der Waals surface area (Å²) in [4.78, 5) is 45.5. The second kappa shape index (κ2) is 9.67. The molecule has 0 radical (unpaired) electrons. The standard InChI is InChI=1S/C26H30N4O3/c1-17-13-18(2)23(19(3)14-17)30-25(32)22(24(31)28-26(30)33)15-27-21-9-11-29(12-10-21)16-20-7-5-4-6-8-20/h4-8,13-15,21-22H,9-12,16H2,1-3H3,(H,28,31,33)/p+1/t22-/m0/s1. The number of barbiturate groups is 1. The highest BCUT2D eigenvalue weighted by Gasteiger charge is 2.41. The van der Waals surface area contributed by atoms with Crippen LogP contribution in [0.1, 0.15) is 35.1 Å². The smallest absolute Gasteiger partial charge is 0.331 e. The van der Waals surface area contributed by atoms with Crippen molar-refractivity contribution in [2.75, 3.05) is 18.0 Å². The van der Waals surface area contributed by atoms with Gasteiger partial charge in [-0.05, 0) is 31.9 Å². The van der Waals surface area contributed by atoms with E-state index < -0.39 is 23.8 Å². The third-order valence-corrected chi connectivity index (χ3v) is 6.47. The predicted octanol–water partition coefficient (Wildman–Crippen LogP) is 2.13. The zero-order valence-corrected chi connectivity index (χ0v) is 19.4. The lowest BCUT2D eigenvalue weighted by molar-refractivity contribution is -0.918. The molecule has 33 heavy (non-hydrogen) atoms. The number of aryl methyl sites for hydroxylation is 3. The van der Waals surface area contributed by atoms with Crippen molar-refractivity contribution in [1.82, 2.24) is 5.32 Å². The molecule has 2 aromatic rings. The van der Waals surface area contributed by atoms with Crippen molar-refractivity contribution in [2.45, 2.75) is 46.2 Å². The molecule has 2 heterocycles. The third-order valence-electron chi connectivity index (χ3n) is 6.47. The number of rotatable bonds is 5. The molecule has 7 nitrogen and oxygen atoms in total. The van der Waals surface area contributed by atoms with Crippen LogP contribution in [0.25, 0.3) is 0 Å². The monoisotopic (exact) mass is 447 g/mol. The summed E-state index contributed by atoms with van der Waals surface area (Å²) in [7, 11) is 0. The molecule has 2 fully saturated rings. The Bertz CT molecular complexity index is 1060. The maximum Gasteiger partial charge on any atom is 0.335 e. The van der Waals surface area contributed by atoms with Crippen LogP contribution in [0.15, 0.2) is 47.5 Å². The summed E-state index contributed by atoms with van der Waals surface area (Å²) in [6.45, 7) is 8.67. The number of imide groups is 2. The molecular formula is C26H31N4O3+. The highest BCUT2D eigenvalue weighted by molar-refractivity contribution is 6.33. The normalized spacial score (nSPS) is 23.8. The Morgan fingerprint density at radius 2 is 1.67 bits per heavy atom. The Morgan fingerprint density at radius 1 is 1.03 bits per heavy atom. The first-order valence-corrected chi connectivity index (χ1v) is 11.5. The van der Waals surface area contributed by atoms with Gasteiger partial charge in [-0.3, -0.25) is 19.9 Å². The fourth-order valence-electron chi connectivity index (χ4n) is 4.89. The van der Waals surface area contributed by atoms with Crippen molar-refractivity contribution in [3.63, 3.8) is 0 Å². The third kappa shape index (κ3) is 5.03. The maximum atomic E-state index is 13.2. The van der Waals surface area contributed by atoms with Crippen molar-refractivity contribution in [1.29, 1.82) is 0 Å². The minimum Gasteiger partial charge on any atom is -0.331 e. The molecule has 2 aromatic carbocycles. The van der Waals surface area contributed by atoms with Crippen molar-refractivity contribution in [3.8, 4) is 0 Å². The van der Waals surface area contributed by atoms with E-state index >= 15 is 0 Å². The topological polar surface area (TPSA) is 83.3 Å². The number of carbonyl (C=O) groups is 3. The molecule has 0 saturated carbocycles. The summed E-state index contributed by atoms with van der Waals surface area (Å²) in [6.07, 6.45) is 3.25. The van der Waals surface area contributed by atoms with Gasteiger partial charge >= 0.3 is 6.03 Å². The molecule has 2 N–H and O–H groups in total. The first-order valence-electron chi connectivity index (χ1n) is 11.5. The van der Waals surface area contributed by atoms with Crippen LogP contribution < -0.4 is 15.1 Å². The molecule has 0 aliphatic carbocycles. The molecule has 2 saturated heterocycles. The number of hydrogen-bond donors (Lipinski definition) is 2. The van der Waals surface area contributed by atoms with Crippen molar-refractivity contribution >= 4 is 29.7 Å². The maximum absolute atomic E-state index is 13.2. The van der Waals surface area contributed by atoms with Gasteiger partial charge in [-0.15, -0.1) is 0 Å². The molecule has 4 rings (SSSR count). The molecule has 0 spiro atoms. The van der Waals surface area contributed by atoms with Gasteiger partial charge in [-0.1, -0.05) is 48.0 Å². The zero-order chi connectivity index (χ0) is 23.5. The summed E-state index contributed by atoms with van der Waals surface area (Å²) in [5.74, 6) is -2.26. The molecule has 2 aliphatic rings. The number of nitrogens with one attached hydrogen (secondary N) is 2. The van der Waals surface area contributed by atoms with Gasteiger partial charge in [-0.25, -0.2) is 9.69 Å². The number of aliphatic imine (C=N–C) groups is 1. The zero-order valence-electron chi connectivity index (χ0n) is 19.4. The van der Waals surface area contributed by atoms with Gasteiger partial charge in [0.15, 0.2) is 5.92 Å². The van der Waals surface area contributed by atoms with Gasteiger partial charge < -0.3 is 4.90 Å². The van der Waals surface area contributed by atoms with Gasteiger partial charge in [-0.2, -0.15) is 0 Å². The van der Waals surface area contributed by atoms with Crippen LogP contribution in [-0.4, -0.2) is 43.2 Å². The molecule has 0 bridgehead atoms. The summed E-state index contributed by atoms with van der Waals surface area (Å²) in [5.41, 5.74) is 4.54. The van der Waals surface area contributed by atoms with Crippen LogP contribution in [0.3, 0.4) is 0 Å². The number of carbonyl (C=O) groups excluding carboxylic acids is 3. The van der Waals surface area contributed by atoms with Crippen LogP contribution in [0, 0.1) is 26.7 Å². The number of piperidine rings is 1. The van der Waals surface area contributed by atoms with Crippen LogP contribution in [0.5, 0.6) is 0 Å². The minimum atomic E-state index is -1.10. The Morgan fingerprint density at radius 3 is 2.30 bits per heavy atom. The number of anilines is 1. The van der Waals surface area contributed by atoms with Crippen molar-refractivity contribution in [2.24, 2.45) is 10.9 Å². The van der Waals surface area contributed by atoms with Gasteiger partial charge in [0, 0.05) is 24.6 Å². The highest BCUT2D eigenvalue weighted by Crippen LogP contribution is 2.29. The van der Waals surface area contributed by atoms with Gasteiger partial charge in [0.25, 0.3) is 5.91 Å². The van der Waals surface area contributed by atoms with E-state index in [4.69, 9.17) is 0 Å². The van der Waals surface area contributed by atoms with Gasteiger partial charge in [0.1, 0.15) is 6.54 Å². The number of amides is 4. The Balaban J connectivity index is 1.43. The summed E-state index contributed by atoms with van der Waals surface area (Å²) < 4.78 is 0. The molecule has 7 heteroatoms. The van der Waals surface area contributed by atoms with Crippen LogP contribution >= 0.6 is 0 Å². The van der Waals surface area contributed by atoms with E-state index in [-0.39, 0.29) is 6.04 Å². The van der Waals surface area contributed by atoms with Gasteiger partial charge in [0.2, 0.25) is 5.91 Å². The Kier molecular flexibility index (Phi) is 6.70. The summed E-state index contributed by atoms with van der Waals surface area (Å²) >= 11 is 0. The average Bonchev–Trinajstić information content (AvgIpc) is 2.77. The lowest BCUT2D eigenvalue weighted by Crippen LogP contribution is -3.12. The van der Waals surface area contributed by atoms with E-state index in [1.54, 1.807) is 0 Å². The first-order chi connectivity index (χ1) is 15.8. The molecular weight excluding hydrogens is 416 g/mol. The number of urea groups is 1. The minimum absolute atomic E-state index is 0.0825. The predicted molar refractivity (Wildman–Crippen MR) is 128 cm³/mol. The van der Waals surface area contributed by atoms with E-state index in [1.165, 1.54) is 16.7 Å². The Labute approximate surface area is 194 Å². The SMILES string of the molecule is Cc1cc(C)c(N2C(=O)NC(=O)[C@H](C=NC3CC[NH+](Cc4ccccc4)CC3)C2=O)c(C)c1. The van der Waals surface area contributed by atoms with E-state index in [2.05, 4.69) is 34.6 Å². The van der Waals surface area contributed by atoms with E-state index in [1.807, 2.05) is 39.0 Å². The second-order valence-corrected chi connectivity index (χ2v) is 9.13. The molecule has 2 aliphatic heterocycles. The van der Waals surface area contributed by atoms with Gasteiger partial charge in [0.05, 0.1) is 24.8 Å². The van der Waals surface area contributed by atoms with Crippen LogP contribution in [0.4, 0.5) is 10.5 Å². The second-order valence-electron chi connectivity index (χ2n) is 9.13. The Hall–Kier alpha value is -3.32. The number of likely N-dealkylation sites (tertiary alicyclic amines) is 1. The summed E-state index contributed by atoms with van der Waals surface area (Å²) in [6, 6.07) is 13.7. The average molecular weight is 448 g/mol. The van der Waals surface area contributed by atoms with Crippen LogP contribution in [0.2, 0.25) is 0 Å². The van der Waals surface area contributed by atoms with Crippen LogP contribution in [-0.2, 0) is 16.1 Å². The lowest BCUT2D eigenvalue weighted by Gasteiger charge is -2.31. The number of quaternary nitrogens is 1. The van der Waals surface area contributed by atoms with Crippen molar-refractivity contribution < 1.29 is 19.3 Å². The number of nitrogens with zero attached hydrogens (tertiary/aromatic N) is 2. The number of hydrogen-bond acceptors (Lipinski definition) is 4. The molecule has 0 aromatic heterocycles. The molecule has 4 amide bonds.